The van der Waals surface area contributed by atoms with Crippen molar-refractivity contribution in [2.24, 2.45) is 10.9 Å². The van der Waals surface area contributed by atoms with Gasteiger partial charge >= 0.3 is 0 Å². The van der Waals surface area contributed by atoms with Gasteiger partial charge in [-0.2, -0.15) is 0 Å². The van der Waals surface area contributed by atoms with Crippen molar-refractivity contribution in [2.75, 3.05) is 26.7 Å². The Hall–Kier alpha value is -1.82. The van der Waals surface area contributed by atoms with E-state index in [0.29, 0.717) is 12.6 Å². The first-order chi connectivity index (χ1) is 12.1. The number of aliphatic imine (C=N–C) groups is 1. The highest BCUT2D eigenvalue weighted by Gasteiger charge is 2.26. The molecule has 0 amide bonds. The molecule has 0 bridgehead atoms. The van der Waals surface area contributed by atoms with Gasteiger partial charge in [0, 0.05) is 39.3 Å². The molecule has 0 spiro atoms. The Morgan fingerprint density at radius 2 is 2.12 bits per heavy atom. The maximum atomic E-state index is 13.4. The summed E-state index contributed by atoms with van der Waals surface area (Å²) < 4.78 is 13.4. The largest absolute Gasteiger partial charge is 0.505 e. The molecule has 1 aromatic carbocycles. The van der Waals surface area contributed by atoms with Crippen LogP contribution in [-0.2, 0) is 6.54 Å². The fourth-order valence-electron chi connectivity index (χ4n) is 3.91. The van der Waals surface area contributed by atoms with E-state index in [1.807, 2.05) is 0 Å². The van der Waals surface area contributed by atoms with Gasteiger partial charge in [-0.05, 0) is 42.9 Å². The molecule has 1 unspecified atom stereocenters. The molecule has 3 N–H and O–H groups in total. The first-order valence-electron chi connectivity index (χ1n) is 9.31. The number of nitrogens with zero attached hydrogens (tertiary/aromatic N) is 2. The van der Waals surface area contributed by atoms with Gasteiger partial charge in [-0.3, -0.25) is 4.99 Å². The second-order valence-electron chi connectivity index (χ2n) is 7.25. The molecule has 5 nitrogen and oxygen atoms in total. The Bertz CT molecular complexity index is 601. The number of hydrogen-bond acceptors (Lipinski definition) is 3. The smallest absolute Gasteiger partial charge is 0.191 e. The number of guanidine groups is 1. The summed E-state index contributed by atoms with van der Waals surface area (Å²) in [5.41, 5.74) is 0.771. The van der Waals surface area contributed by atoms with Crippen LogP contribution in [0.5, 0.6) is 5.75 Å². The van der Waals surface area contributed by atoms with E-state index in [2.05, 4.69) is 20.5 Å². The summed E-state index contributed by atoms with van der Waals surface area (Å²) in [5.74, 6) is 0.710. The Morgan fingerprint density at radius 1 is 1.32 bits per heavy atom. The summed E-state index contributed by atoms with van der Waals surface area (Å²) in [7, 11) is 1.75. The van der Waals surface area contributed by atoms with Gasteiger partial charge in [-0.15, -0.1) is 0 Å². The molecule has 1 atom stereocenters. The van der Waals surface area contributed by atoms with Crippen molar-refractivity contribution in [3.05, 3.63) is 29.6 Å². The predicted molar refractivity (Wildman–Crippen MR) is 98.2 cm³/mol. The van der Waals surface area contributed by atoms with Crippen molar-refractivity contribution in [3.8, 4) is 5.75 Å². The molecule has 0 radical (unpaired) electrons. The van der Waals surface area contributed by atoms with Gasteiger partial charge < -0.3 is 20.6 Å². The second kappa shape index (κ2) is 8.52. The summed E-state index contributed by atoms with van der Waals surface area (Å²) in [6.07, 6.45) is 6.70. The van der Waals surface area contributed by atoms with Crippen LogP contribution in [0.2, 0.25) is 0 Å². The first-order valence-corrected chi connectivity index (χ1v) is 9.31. The van der Waals surface area contributed by atoms with Crippen molar-refractivity contribution in [1.82, 2.24) is 15.5 Å². The van der Waals surface area contributed by atoms with E-state index < -0.39 is 5.82 Å². The van der Waals surface area contributed by atoms with E-state index in [9.17, 15) is 9.50 Å². The highest BCUT2D eigenvalue weighted by Crippen LogP contribution is 2.26. The Balaban J connectivity index is 1.43. The summed E-state index contributed by atoms with van der Waals surface area (Å²) in [5, 5.41) is 15.9. The van der Waals surface area contributed by atoms with E-state index in [4.69, 9.17) is 0 Å². The average Bonchev–Trinajstić information content (AvgIpc) is 3.27. The van der Waals surface area contributed by atoms with Gasteiger partial charge in [-0.1, -0.05) is 18.9 Å². The standard InChI is InChI=1S/C19H29FN4O/c1-21-19(22-11-15-6-7-18(25)17(20)10-15)23-16-8-9-24(13-16)12-14-4-2-3-5-14/h6-7,10,14,16,25H,2-5,8-9,11-13H2,1H3,(H2,21,22,23). The average molecular weight is 348 g/mol. The molecule has 1 aliphatic carbocycles. The number of rotatable bonds is 5. The molecule has 6 heteroatoms. The van der Waals surface area contributed by atoms with Gasteiger partial charge in [0.05, 0.1) is 0 Å². The molecule has 3 rings (SSSR count). The number of nitrogens with one attached hydrogen (secondary N) is 2. The molecular weight excluding hydrogens is 319 g/mol. The zero-order valence-corrected chi connectivity index (χ0v) is 15.0. The SMILES string of the molecule is CN=C(NCc1ccc(O)c(F)c1)NC1CCN(CC2CCCC2)C1. The van der Waals surface area contributed by atoms with Crippen LogP contribution in [0.3, 0.4) is 0 Å². The number of aromatic hydroxyl groups is 1. The topological polar surface area (TPSA) is 59.9 Å². The molecule has 138 valence electrons. The van der Waals surface area contributed by atoms with Crippen LogP contribution < -0.4 is 10.6 Å². The number of phenolic OH excluding ortho intramolecular Hbond substituents is 1. The van der Waals surface area contributed by atoms with Crippen molar-refractivity contribution >= 4 is 5.96 Å². The zero-order valence-electron chi connectivity index (χ0n) is 15.0. The van der Waals surface area contributed by atoms with Crippen LogP contribution >= 0.6 is 0 Å². The van der Waals surface area contributed by atoms with Gasteiger partial charge in [0.1, 0.15) is 0 Å². The van der Waals surface area contributed by atoms with Crippen LogP contribution in [0.4, 0.5) is 4.39 Å². The minimum absolute atomic E-state index is 0.320. The molecule has 25 heavy (non-hydrogen) atoms. The third-order valence-corrected chi connectivity index (χ3v) is 5.30. The maximum absolute atomic E-state index is 13.4. The fraction of sp³-hybridized carbons (Fsp3) is 0.632. The molecule has 1 aliphatic heterocycles. The molecule has 1 aromatic rings. The third-order valence-electron chi connectivity index (χ3n) is 5.30. The minimum atomic E-state index is -0.597. The molecule has 2 fully saturated rings. The monoisotopic (exact) mass is 348 g/mol. The number of halogens is 1. The molecule has 0 aromatic heterocycles. The lowest BCUT2D eigenvalue weighted by Gasteiger charge is -2.21. The number of phenols is 1. The predicted octanol–water partition coefficient (Wildman–Crippen LogP) is 2.46. The summed E-state index contributed by atoms with van der Waals surface area (Å²) in [6.45, 7) is 3.91. The van der Waals surface area contributed by atoms with Crippen molar-refractivity contribution in [1.29, 1.82) is 0 Å². The Kier molecular flexibility index (Phi) is 6.13. The van der Waals surface area contributed by atoms with Crippen LogP contribution in [-0.4, -0.2) is 48.7 Å². The van der Waals surface area contributed by atoms with Gasteiger partial charge in [0.2, 0.25) is 0 Å². The molecule has 2 aliphatic rings. The lowest BCUT2D eigenvalue weighted by molar-refractivity contribution is 0.275. The van der Waals surface area contributed by atoms with Gasteiger partial charge in [-0.25, -0.2) is 4.39 Å². The van der Waals surface area contributed by atoms with Crippen LogP contribution in [0.25, 0.3) is 0 Å². The first kappa shape index (κ1) is 18.0. The van der Waals surface area contributed by atoms with E-state index >= 15 is 0 Å². The van der Waals surface area contributed by atoms with Gasteiger partial charge in [0.15, 0.2) is 17.5 Å². The van der Waals surface area contributed by atoms with Gasteiger partial charge in [0.25, 0.3) is 0 Å². The van der Waals surface area contributed by atoms with Crippen LogP contribution in [0.15, 0.2) is 23.2 Å². The normalized spacial score (nSPS) is 22.5. The quantitative estimate of drug-likeness (QED) is 0.565. The zero-order chi connectivity index (χ0) is 17.6. The molecule has 1 saturated heterocycles. The number of hydrogen-bond donors (Lipinski definition) is 3. The number of likely N-dealkylation sites (tertiary alicyclic amines) is 1. The van der Waals surface area contributed by atoms with E-state index in [1.165, 1.54) is 44.4 Å². The lowest BCUT2D eigenvalue weighted by Crippen LogP contribution is -2.44. The number of benzene rings is 1. The van der Waals surface area contributed by atoms with Crippen molar-refractivity contribution in [3.63, 3.8) is 0 Å². The second-order valence-corrected chi connectivity index (χ2v) is 7.25. The van der Waals surface area contributed by atoms with E-state index in [-0.39, 0.29) is 5.75 Å². The highest BCUT2D eigenvalue weighted by atomic mass is 19.1. The van der Waals surface area contributed by atoms with E-state index in [0.717, 1.165) is 37.0 Å². The summed E-state index contributed by atoms with van der Waals surface area (Å²) in [4.78, 5) is 6.83. The Morgan fingerprint density at radius 3 is 2.84 bits per heavy atom. The molecule has 1 saturated carbocycles. The third kappa shape index (κ3) is 5.08. The Labute approximate surface area is 149 Å². The molecule has 1 heterocycles. The van der Waals surface area contributed by atoms with E-state index in [1.54, 1.807) is 13.1 Å². The van der Waals surface area contributed by atoms with Crippen molar-refractivity contribution < 1.29 is 9.50 Å². The fourth-order valence-corrected chi connectivity index (χ4v) is 3.91. The molecular formula is C19H29FN4O. The summed E-state index contributed by atoms with van der Waals surface area (Å²) in [6, 6.07) is 4.83. The summed E-state index contributed by atoms with van der Waals surface area (Å²) >= 11 is 0. The van der Waals surface area contributed by atoms with Crippen LogP contribution in [0, 0.1) is 11.7 Å². The highest BCUT2D eigenvalue weighted by molar-refractivity contribution is 5.80. The minimum Gasteiger partial charge on any atom is -0.505 e. The maximum Gasteiger partial charge on any atom is 0.191 e. The lowest BCUT2D eigenvalue weighted by atomic mass is 10.1. The van der Waals surface area contributed by atoms with Crippen molar-refractivity contribution in [2.45, 2.75) is 44.7 Å². The van der Waals surface area contributed by atoms with Crippen LogP contribution in [0.1, 0.15) is 37.7 Å².